The predicted octanol–water partition coefficient (Wildman–Crippen LogP) is 4.19. The monoisotopic (exact) mass is 456 g/mol. The minimum atomic E-state index is -0.603. The molecule has 1 aromatic carbocycles. The van der Waals surface area contributed by atoms with Gasteiger partial charge in [-0.05, 0) is 44.4 Å². The van der Waals surface area contributed by atoms with E-state index in [4.69, 9.17) is 28.9 Å². The largest absolute Gasteiger partial charge is 0.381 e. The van der Waals surface area contributed by atoms with Crippen molar-refractivity contribution in [1.82, 2.24) is 14.9 Å². The highest BCUT2D eigenvalue weighted by Crippen LogP contribution is 2.30. The van der Waals surface area contributed by atoms with Crippen LogP contribution in [0.1, 0.15) is 25.7 Å². The number of benzene rings is 1. The number of nitrogens with one attached hydrogen (secondary N) is 1. The maximum Gasteiger partial charge on any atom is 0.207 e. The summed E-state index contributed by atoms with van der Waals surface area (Å²) in [5, 5.41) is 3.44. The summed E-state index contributed by atoms with van der Waals surface area (Å²) in [6, 6.07) is 3.61. The molecule has 6 nitrogen and oxygen atoms in total. The Bertz CT molecular complexity index is 892. The van der Waals surface area contributed by atoms with E-state index in [1.807, 2.05) is 4.90 Å². The van der Waals surface area contributed by atoms with Crippen molar-refractivity contribution < 1.29 is 8.78 Å². The van der Waals surface area contributed by atoms with Gasteiger partial charge in [-0.1, -0.05) is 23.2 Å². The Morgan fingerprint density at radius 3 is 2.50 bits per heavy atom. The van der Waals surface area contributed by atoms with Crippen LogP contribution < -0.4 is 16.0 Å². The van der Waals surface area contributed by atoms with Gasteiger partial charge < -0.3 is 16.0 Å². The van der Waals surface area contributed by atoms with Crippen molar-refractivity contribution in [1.29, 1.82) is 0 Å². The normalized spacial score (nSPS) is 22.9. The first-order valence-corrected chi connectivity index (χ1v) is 10.8. The third-order valence-corrected chi connectivity index (χ3v) is 6.37. The van der Waals surface area contributed by atoms with E-state index in [2.05, 4.69) is 20.2 Å². The SMILES string of the molecule is Nc1ncnc(N2CCC[C@@H](N3CCCC(Nc4cc(Cl)c(F)c(Cl)c4)C3)C2)c1F. The number of rotatable bonds is 4. The van der Waals surface area contributed by atoms with Crippen LogP contribution in [0.2, 0.25) is 10.0 Å². The van der Waals surface area contributed by atoms with Gasteiger partial charge in [0, 0.05) is 37.4 Å². The molecular formula is C20H24Cl2F2N6. The van der Waals surface area contributed by atoms with Gasteiger partial charge in [-0.25, -0.2) is 14.4 Å². The van der Waals surface area contributed by atoms with Crippen LogP contribution >= 0.6 is 23.2 Å². The van der Waals surface area contributed by atoms with E-state index in [1.165, 1.54) is 6.33 Å². The lowest BCUT2D eigenvalue weighted by atomic mass is 9.98. The number of nitrogens with two attached hydrogens (primary N) is 1. The topological polar surface area (TPSA) is 70.3 Å². The summed E-state index contributed by atoms with van der Waals surface area (Å²) in [4.78, 5) is 12.2. The number of nitrogens with zero attached hydrogens (tertiary/aromatic N) is 4. The number of hydrogen-bond donors (Lipinski definition) is 2. The van der Waals surface area contributed by atoms with Crippen LogP contribution in [0.4, 0.5) is 26.1 Å². The standard InChI is InChI=1S/C20H24Cl2F2N6/c21-15-7-13(8-16(22)17(15)23)28-12-3-1-5-29(9-12)14-4-2-6-30(10-14)20-18(24)19(25)26-11-27-20/h7-8,11-12,14,28H,1-6,9-10H2,(H2,25,26,27)/t12?,14-/m1/s1. The molecule has 2 aliphatic rings. The van der Waals surface area contributed by atoms with Gasteiger partial charge >= 0.3 is 0 Å². The number of piperidine rings is 2. The molecule has 2 aromatic rings. The summed E-state index contributed by atoms with van der Waals surface area (Å²) < 4.78 is 28.1. The van der Waals surface area contributed by atoms with Crippen LogP contribution in [-0.4, -0.2) is 53.1 Å². The summed E-state index contributed by atoms with van der Waals surface area (Å²) in [6.07, 6.45) is 5.32. The molecule has 0 amide bonds. The lowest BCUT2D eigenvalue weighted by Crippen LogP contribution is -2.53. The highest BCUT2D eigenvalue weighted by atomic mass is 35.5. The van der Waals surface area contributed by atoms with Gasteiger partial charge in [-0.3, -0.25) is 4.90 Å². The number of hydrogen-bond acceptors (Lipinski definition) is 6. The number of anilines is 3. The molecular weight excluding hydrogens is 433 g/mol. The molecule has 10 heteroatoms. The van der Waals surface area contributed by atoms with Crippen molar-refractivity contribution >= 4 is 40.5 Å². The molecule has 162 valence electrons. The molecule has 3 N–H and O–H groups in total. The van der Waals surface area contributed by atoms with Gasteiger partial charge in [-0.2, -0.15) is 4.39 Å². The molecule has 2 aliphatic heterocycles. The van der Waals surface area contributed by atoms with Gasteiger partial charge in [0.05, 0.1) is 10.0 Å². The van der Waals surface area contributed by atoms with E-state index in [0.29, 0.717) is 18.3 Å². The number of nitrogen functional groups attached to an aromatic ring is 1. The highest BCUT2D eigenvalue weighted by molar-refractivity contribution is 6.35. The summed E-state index contributed by atoms with van der Waals surface area (Å²) in [6.45, 7) is 3.25. The van der Waals surface area contributed by atoms with E-state index in [0.717, 1.165) is 45.3 Å². The van der Waals surface area contributed by atoms with Crippen LogP contribution in [-0.2, 0) is 0 Å². The van der Waals surface area contributed by atoms with Crippen LogP contribution in [0.15, 0.2) is 18.5 Å². The summed E-state index contributed by atoms with van der Waals surface area (Å²) in [5.74, 6) is -1.01. The van der Waals surface area contributed by atoms with Crippen molar-refractivity contribution in [2.75, 3.05) is 42.1 Å². The van der Waals surface area contributed by atoms with Crippen LogP contribution in [0.25, 0.3) is 0 Å². The quantitative estimate of drug-likeness (QED) is 0.672. The fourth-order valence-corrected chi connectivity index (χ4v) is 4.86. The average molecular weight is 457 g/mol. The number of halogens is 4. The minimum Gasteiger partial charge on any atom is -0.381 e. The molecule has 1 aromatic heterocycles. The Hall–Kier alpha value is -1.90. The fraction of sp³-hybridized carbons (Fsp3) is 0.500. The maximum absolute atomic E-state index is 14.4. The van der Waals surface area contributed by atoms with Gasteiger partial charge in [0.1, 0.15) is 6.33 Å². The molecule has 0 spiro atoms. The molecule has 1 unspecified atom stereocenters. The Labute approximate surface area is 184 Å². The minimum absolute atomic E-state index is 0.00624. The van der Waals surface area contributed by atoms with Crippen LogP contribution in [0.3, 0.4) is 0 Å². The van der Waals surface area contributed by atoms with Crippen LogP contribution in [0.5, 0.6) is 0 Å². The first kappa shape index (κ1) is 21.3. The molecule has 0 saturated carbocycles. The second kappa shape index (κ2) is 9.08. The molecule has 0 bridgehead atoms. The van der Waals surface area contributed by atoms with Crippen molar-refractivity contribution in [2.45, 2.75) is 37.8 Å². The maximum atomic E-state index is 14.4. The Morgan fingerprint density at radius 1 is 1.00 bits per heavy atom. The summed E-state index contributed by atoms with van der Waals surface area (Å²) in [5.41, 5.74) is 6.32. The van der Waals surface area contributed by atoms with Gasteiger partial charge in [0.25, 0.3) is 0 Å². The van der Waals surface area contributed by atoms with Gasteiger partial charge in [0.2, 0.25) is 5.82 Å². The molecule has 2 saturated heterocycles. The van der Waals surface area contributed by atoms with Crippen molar-refractivity contribution in [3.05, 3.63) is 40.1 Å². The molecule has 3 heterocycles. The molecule has 2 fully saturated rings. The fourth-order valence-electron chi connectivity index (χ4n) is 4.37. The molecule has 2 atom stereocenters. The first-order valence-electron chi connectivity index (χ1n) is 10.1. The summed E-state index contributed by atoms with van der Waals surface area (Å²) >= 11 is 11.8. The van der Waals surface area contributed by atoms with Gasteiger partial charge in [-0.15, -0.1) is 0 Å². The third kappa shape index (κ3) is 4.55. The zero-order chi connectivity index (χ0) is 21.3. The molecule has 4 rings (SSSR count). The van der Waals surface area contributed by atoms with E-state index in [1.54, 1.807) is 12.1 Å². The second-order valence-electron chi connectivity index (χ2n) is 7.87. The Morgan fingerprint density at radius 2 is 1.73 bits per heavy atom. The first-order chi connectivity index (χ1) is 14.4. The van der Waals surface area contributed by atoms with E-state index < -0.39 is 11.6 Å². The van der Waals surface area contributed by atoms with E-state index >= 15 is 0 Å². The second-order valence-corrected chi connectivity index (χ2v) is 8.69. The van der Waals surface area contributed by atoms with Gasteiger partial charge in [0.15, 0.2) is 17.5 Å². The van der Waals surface area contributed by atoms with E-state index in [9.17, 15) is 8.78 Å². The predicted molar refractivity (Wildman–Crippen MR) is 116 cm³/mol. The zero-order valence-electron chi connectivity index (χ0n) is 16.4. The lowest BCUT2D eigenvalue weighted by Gasteiger charge is -2.43. The van der Waals surface area contributed by atoms with Crippen molar-refractivity contribution in [3.63, 3.8) is 0 Å². The van der Waals surface area contributed by atoms with E-state index in [-0.39, 0.29) is 27.7 Å². The highest BCUT2D eigenvalue weighted by Gasteiger charge is 2.31. The third-order valence-electron chi connectivity index (χ3n) is 5.82. The number of likely N-dealkylation sites (tertiary alicyclic amines) is 1. The summed E-state index contributed by atoms with van der Waals surface area (Å²) in [7, 11) is 0. The lowest BCUT2D eigenvalue weighted by molar-refractivity contribution is 0.139. The molecule has 0 aliphatic carbocycles. The molecule has 30 heavy (non-hydrogen) atoms. The number of aromatic nitrogens is 2. The van der Waals surface area contributed by atoms with Crippen molar-refractivity contribution in [3.8, 4) is 0 Å². The Balaban J connectivity index is 1.42. The average Bonchev–Trinajstić information content (AvgIpc) is 2.74. The van der Waals surface area contributed by atoms with Crippen LogP contribution in [0, 0.1) is 11.6 Å². The molecule has 0 radical (unpaired) electrons. The van der Waals surface area contributed by atoms with Crippen molar-refractivity contribution in [2.24, 2.45) is 0 Å². The zero-order valence-corrected chi connectivity index (χ0v) is 17.9. The Kier molecular flexibility index (Phi) is 6.46. The smallest absolute Gasteiger partial charge is 0.207 e.